The third-order valence-corrected chi connectivity index (χ3v) is 2.57. The van der Waals surface area contributed by atoms with Crippen molar-refractivity contribution in [3.63, 3.8) is 0 Å². The van der Waals surface area contributed by atoms with Gasteiger partial charge in [0.05, 0.1) is 6.26 Å². The van der Waals surface area contributed by atoms with Gasteiger partial charge in [0.25, 0.3) is 0 Å². The van der Waals surface area contributed by atoms with Crippen LogP contribution >= 0.6 is 0 Å². The van der Waals surface area contributed by atoms with Gasteiger partial charge in [0.2, 0.25) is 0 Å². The second kappa shape index (κ2) is 15.2. The summed E-state index contributed by atoms with van der Waals surface area (Å²) >= 11 is 0. The monoisotopic (exact) mass is 242 g/mol. The number of unbranched alkanes of at least 4 members (excludes halogenated alkanes) is 8. The molecule has 3 heteroatoms. The minimum Gasteiger partial charge on any atom is -0.476 e. The molecule has 0 fully saturated rings. The summed E-state index contributed by atoms with van der Waals surface area (Å²) in [6.45, 7) is 0.331. The van der Waals surface area contributed by atoms with Crippen molar-refractivity contribution in [1.82, 2.24) is 0 Å². The maximum absolute atomic E-state index is 10.1. The van der Waals surface area contributed by atoms with E-state index in [1.807, 2.05) is 6.08 Å². The van der Waals surface area contributed by atoms with Crippen molar-refractivity contribution in [2.24, 2.45) is 0 Å². The van der Waals surface area contributed by atoms with E-state index in [9.17, 15) is 4.79 Å². The summed E-state index contributed by atoms with van der Waals surface area (Å²) in [5.74, 6) is 0. The van der Waals surface area contributed by atoms with Gasteiger partial charge in [-0.2, -0.15) is 0 Å². The number of hydrogen-bond donors (Lipinski definition) is 0. The molecule has 0 heterocycles. The Bertz CT molecular complexity index is 178. The molecule has 0 aromatic heterocycles. The Balaban J connectivity index is 2.98. The van der Waals surface area contributed by atoms with Gasteiger partial charge < -0.3 is 14.3 Å². The third kappa shape index (κ3) is 15.2. The zero-order valence-electron chi connectivity index (χ0n) is 11.0. The third-order valence-electron chi connectivity index (χ3n) is 2.57. The van der Waals surface area contributed by atoms with Crippen molar-refractivity contribution in [1.29, 1.82) is 0 Å². The van der Waals surface area contributed by atoms with Crippen molar-refractivity contribution in [2.75, 3.05) is 13.9 Å². The van der Waals surface area contributed by atoms with E-state index in [0.717, 1.165) is 25.5 Å². The molecule has 0 rings (SSSR count). The van der Waals surface area contributed by atoms with Crippen LogP contribution in [0.25, 0.3) is 0 Å². The maximum Gasteiger partial charge on any atom is 0.187 e. The smallest absolute Gasteiger partial charge is 0.187 e. The highest BCUT2D eigenvalue weighted by Gasteiger charge is 1.91. The van der Waals surface area contributed by atoms with Gasteiger partial charge >= 0.3 is 0 Å². The van der Waals surface area contributed by atoms with E-state index < -0.39 is 0 Å². The molecular weight excluding hydrogens is 216 g/mol. The Morgan fingerprint density at radius 1 is 0.882 bits per heavy atom. The number of carbonyl (C=O) groups excluding carboxylic acids is 1. The normalized spacial score (nSPS) is 10.9. The van der Waals surface area contributed by atoms with E-state index in [1.54, 1.807) is 13.4 Å². The van der Waals surface area contributed by atoms with Crippen molar-refractivity contribution < 1.29 is 14.3 Å². The Morgan fingerprint density at radius 2 is 1.47 bits per heavy atom. The Labute approximate surface area is 105 Å². The van der Waals surface area contributed by atoms with E-state index in [4.69, 9.17) is 9.47 Å². The summed E-state index contributed by atoms with van der Waals surface area (Å²) in [7, 11) is 1.61. The van der Waals surface area contributed by atoms with Gasteiger partial charge in [-0.3, -0.25) is 0 Å². The van der Waals surface area contributed by atoms with Crippen LogP contribution in [-0.2, 0) is 14.3 Å². The molecule has 0 aromatic rings. The lowest BCUT2D eigenvalue weighted by Crippen LogP contribution is -1.87. The Hall–Kier alpha value is -0.830. The number of aldehydes is 1. The minimum absolute atomic E-state index is 0.331. The fourth-order valence-corrected chi connectivity index (χ4v) is 1.62. The number of rotatable bonds is 13. The van der Waals surface area contributed by atoms with Crippen LogP contribution in [0.1, 0.15) is 57.8 Å². The Kier molecular flexibility index (Phi) is 14.4. The van der Waals surface area contributed by atoms with Crippen LogP contribution in [0.5, 0.6) is 0 Å². The highest BCUT2D eigenvalue weighted by molar-refractivity contribution is 5.48. The quantitative estimate of drug-likeness (QED) is 0.213. The van der Waals surface area contributed by atoms with Crippen LogP contribution in [0, 0.1) is 0 Å². The van der Waals surface area contributed by atoms with Gasteiger partial charge in [-0.15, -0.1) is 0 Å². The molecule has 0 saturated heterocycles. The van der Waals surface area contributed by atoms with Gasteiger partial charge in [-0.1, -0.05) is 32.1 Å². The van der Waals surface area contributed by atoms with E-state index in [2.05, 4.69) is 0 Å². The van der Waals surface area contributed by atoms with Crippen molar-refractivity contribution in [2.45, 2.75) is 57.8 Å². The molecule has 0 atom stereocenters. The van der Waals surface area contributed by atoms with Crippen LogP contribution in [-0.4, -0.2) is 20.2 Å². The van der Waals surface area contributed by atoms with Crippen molar-refractivity contribution in [3.8, 4) is 0 Å². The molecule has 0 aliphatic carbocycles. The lowest BCUT2D eigenvalue weighted by Gasteiger charge is -2.00. The molecule has 100 valence electrons. The second-order valence-corrected chi connectivity index (χ2v) is 4.16. The molecule has 0 bridgehead atoms. The molecule has 0 saturated carbocycles. The first-order valence-corrected chi connectivity index (χ1v) is 6.61. The van der Waals surface area contributed by atoms with E-state index in [0.29, 0.717) is 6.79 Å². The molecular formula is C14H26O3. The average Bonchev–Trinajstić information content (AvgIpc) is 2.35. The number of hydrogen-bond acceptors (Lipinski definition) is 3. The molecule has 0 aliphatic heterocycles. The minimum atomic E-state index is 0.331. The maximum atomic E-state index is 10.1. The predicted molar refractivity (Wildman–Crippen MR) is 69.7 cm³/mol. The second-order valence-electron chi connectivity index (χ2n) is 4.16. The van der Waals surface area contributed by atoms with Gasteiger partial charge in [-0.25, -0.2) is 0 Å². The molecule has 0 aromatic carbocycles. The Morgan fingerprint density at radius 3 is 2.06 bits per heavy atom. The molecule has 3 nitrogen and oxygen atoms in total. The average molecular weight is 242 g/mol. The first-order chi connectivity index (χ1) is 8.41. The largest absolute Gasteiger partial charge is 0.476 e. The molecule has 17 heavy (non-hydrogen) atoms. The molecule has 0 N–H and O–H groups in total. The molecule has 0 unspecified atom stereocenters. The fraction of sp³-hybridized carbons (Fsp3) is 0.786. The number of allylic oxidation sites excluding steroid dienone is 1. The van der Waals surface area contributed by atoms with Crippen LogP contribution in [0.2, 0.25) is 0 Å². The SMILES string of the molecule is COCOC=CCCCCCCCCCC=O. The predicted octanol–water partition coefficient (Wildman–Crippen LogP) is 3.83. The summed E-state index contributed by atoms with van der Waals surface area (Å²) in [5, 5.41) is 0. The van der Waals surface area contributed by atoms with Crippen LogP contribution in [0.15, 0.2) is 12.3 Å². The summed E-state index contributed by atoms with van der Waals surface area (Å²) in [4.78, 5) is 10.1. The topological polar surface area (TPSA) is 35.5 Å². The zero-order chi connectivity index (χ0) is 12.6. The standard InChI is InChI=1S/C14H26O3/c1-16-14-17-13-11-9-7-5-3-2-4-6-8-10-12-15/h11-13H,2-10,14H2,1H3. The molecule has 0 amide bonds. The van der Waals surface area contributed by atoms with Crippen LogP contribution < -0.4 is 0 Å². The lowest BCUT2D eigenvalue weighted by molar-refractivity contribution is -0.107. The van der Waals surface area contributed by atoms with Gasteiger partial charge in [0.15, 0.2) is 6.79 Å². The van der Waals surface area contributed by atoms with Gasteiger partial charge in [-0.05, 0) is 25.3 Å². The molecule has 0 radical (unpaired) electrons. The van der Waals surface area contributed by atoms with Gasteiger partial charge in [0.1, 0.15) is 6.29 Å². The highest BCUT2D eigenvalue weighted by Crippen LogP contribution is 2.09. The van der Waals surface area contributed by atoms with Gasteiger partial charge in [0, 0.05) is 13.5 Å². The summed E-state index contributed by atoms with van der Waals surface area (Å²) in [5.41, 5.74) is 0. The number of methoxy groups -OCH3 is 1. The zero-order valence-corrected chi connectivity index (χ0v) is 11.0. The van der Waals surface area contributed by atoms with E-state index in [-0.39, 0.29) is 0 Å². The summed E-state index contributed by atoms with van der Waals surface area (Å²) in [6, 6.07) is 0. The van der Waals surface area contributed by atoms with Crippen molar-refractivity contribution >= 4 is 6.29 Å². The van der Waals surface area contributed by atoms with E-state index in [1.165, 1.54) is 38.5 Å². The molecule has 0 spiro atoms. The number of ether oxygens (including phenoxy) is 2. The first kappa shape index (κ1) is 16.2. The van der Waals surface area contributed by atoms with E-state index >= 15 is 0 Å². The lowest BCUT2D eigenvalue weighted by atomic mass is 10.1. The fourth-order valence-electron chi connectivity index (χ4n) is 1.62. The first-order valence-electron chi connectivity index (χ1n) is 6.61. The van der Waals surface area contributed by atoms with Crippen molar-refractivity contribution in [3.05, 3.63) is 12.3 Å². The number of carbonyl (C=O) groups is 1. The highest BCUT2D eigenvalue weighted by atomic mass is 16.7. The summed E-state index contributed by atoms with van der Waals surface area (Å²) < 4.78 is 9.78. The molecule has 0 aliphatic rings. The summed E-state index contributed by atoms with van der Waals surface area (Å²) in [6.07, 6.45) is 15.2. The van der Waals surface area contributed by atoms with Crippen LogP contribution in [0.4, 0.5) is 0 Å². The van der Waals surface area contributed by atoms with Crippen LogP contribution in [0.3, 0.4) is 0 Å².